The van der Waals surface area contributed by atoms with Gasteiger partial charge in [0.15, 0.2) is 0 Å². The van der Waals surface area contributed by atoms with Crippen molar-refractivity contribution in [2.24, 2.45) is 0 Å². The molecule has 0 aliphatic heterocycles. The number of hydrogen-bond donors (Lipinski definition) is 1. The number of halogens is 1. The summed E-state index contributed by atoms with van der Waals surface area (Å²) in [5, 5.41) is 9.03. The lowest BCUT2D eigenvalue weighted by Crippen LogP contribution is -2.13. The molecule has 0 fully saturated rings. The van der Waals surface area contributed by atoms with Gasteiger partial charge in [0.1, 0.15) is 12.4 Å². The van der Waals surface area contributed by atoms with Crippen LogP contribution in [0.15, 0.2) is 46.9 Å². The lowest BCUT2D eigenvalue weighted by atomic mass is 9.86. The zero-order valence-corrected chi connectivity index (χ0v) is 14.5. The minimum absolute atomic E-state index is 0.0397. The summed E-state index contributed by atoms with van der Waals surface area (Å²) in [6.45, 7) is 6.73. The van der Waals surface area contributed by atoms with Gasteiger partial charge in [-0.25, -0.2) is 4.79 Å². The highest BCUT2D eigenvalue weighted by molar-refractivity contribution is 9.10. The molecule has 0 aromatic heterocycles. The smallest absolute Gasteiger partial charge is 0.335 e. The average Bonchev–Trinajstić information content (AvgIpc) is 2.45. The third kappa shape index (κ3) is 4.10. The highest BCUT2D eigenvalue weighted by Gasteiger charge is 2.19. The molecular weight excluding hydrogens is 344 g/mol. The first kappa shape index (κ1) is 16.6. The van der Waals surface area contributed by atoms with E-state index in [4.69, 9.17) is 9.84 Å². The summed E-state index contributed by atoms with van der Waals surface area (Å²) in [5.74, 6) is -0.114. The lowest BCUT2D eigenvalue weighted by molar-refractivity contribution is 0.0696. The number of aromatic carboxylic acids is 1. The maximum Gasteiger partial charge on any atom is 0.335 e. The van der Waals surface area contributed by atoms with E-state index in [-0.39, 0.29) is 11.0 Å². The van der Waals surface area contributed by atoms with Crippen molar-refractivity contribution in [1.29, 1.82) is 0 Å². The molecule has 0 amide bonds. The molecule has 0 saturated heterocycles. The summed E-state index contributed by atoms with van der Waals surface area (Å²) < 4.78 is 6.94. The topological polar surface area (TPSA) is 46.5 Å². The Morgan fingerprint density at radius 2 is 1.91 bits per heavy atom. The Morgan fingerprint density at radius 3 is 2.55 bits per heavy atom. The van der Waals surface area contributed by atoms with Gasteiger partial charge in [-0.05, 0) is 41.3 Å². The van der Waals surface area contributed by atoms with Crippen LogP contribution in [0.3, 0.4) is 0 Å². The van der Waals surface area contributed by atoms with Gasteiger partial charge in [-0.2, -0.15) is 0 Å². The molecule has 0 heterocycles. The lowest BCUT2D eigenvalue weighted by Gasteiger charge is -2.23. The SMILES string of the molecule is CC(C)(C)c1cc(Br)ccc1OCc1cccc(C(=O)O)c1. The molecule has 2 aromatic carbocycles. The maximum atomic E-state index is 11.0. The number of rotatable bonds is 4. The van der Waals surface area contributed by atoms with Gasteiger partial charge in [-0.3, -0.25) is 0 Å². The molecule has 2 aromatic rings. The van der Waals surface area contributed by atoms with Crippen molar-refractivity contribution >= 4 is 21.9 Å². The highest BCUT2D eigenvalue weighted by atomic mass is 79.9. The molecule has 2 rings (SSSR count). The molecule has 0 radical (unpaired) electrons. The number of ether oxygens (including phenoxy) is 1. The van der Waals surface area contributed by atoms with Crippen LogP contribution in [-0.2, 0) is 12.0 Å². The van der Waals surface area contributed by atoms with Crippen LogP contribution in [0.4, 0.5) is 0 Å². The molecule has 0 aliphatic rings. The second-order valence-electron chi connectivity index (χ2n) is 6.18. The van der Waals surface area contributed by atoms with E-state index in [0.29, 0.717) is 6.61 Å². The van der Waals surface area contributed by atoms with Gasteiger partial charge in [-0.1, -0.05) is 48.8 Å². The Balaban J connectivity index is 2.22. The van der Waals surface area contributed by atoms with E-state index >= 15 is 0 Å². The van der Waals surface area contributed by atoms with Crippen molar-refractivity contribution in [3.8, 4) is 5.75 Å². The summed E-state index contributed by atoms with van der Waals surface area (Å²) in [4.78, 5) is 11.0. The van der Waals surface area contributed by atoms with E-state index in [1.807, 2.05) is 18.2 Å². The van der Waals surface area contributed by atoms with E-state index in [1.54, 1.807) is 18.2 Å². The molecule has 0 saturated carbocycles. The van der Waals surface area contributed by atoms with Crippen molar-refractivity contribution < 1.29 is 14.6 Å². The van der Waals surface area contributed by atoms with E-state index in [2.05, 4.69) is 42.8 Å². The second kappa shape index (κ2) is 6.53. The fraction of sp³-hybridized carbons (Fsp3) is 0.278. The van der Waals surface area contributed by atoms with Crippen LogP contribution >= 0.6 is 15.9 Å². The molecule has 116 valence electrons. The van der Waals surface area contributed by atoms with Crippen LogP contribution in [0.1, 0.15) is 42.3 Å². The molecule has 0 bridgehead atoms. The fourth-order valence-electron chi connectivity index (χ4n) is 2.17. The molecule has 3 nitrogen and oxygen atoms in total. The Hall–Kier alpha value is -1.81. The first-order valence-corrected chi connectivity index (χ1v) is 7.82. The number of carboxylic acid groups (broad SMARTS) is 1. The average molecular weight is 363 g/mol. The fourth-order valence-corrected chi connectivity index (χ4v) is 2.53. The predicted octanol–water partition coefficient (Wildman–Crippen LogP) is 5.02. The number of benzene rings is 2. The Morgan fingerprint density at radius 1 is 1.18 bits per heavy atom. The monoisotopic (exact) mass is 362 g/mol. The third-order valence-corrected chi connectivity index (χ3v) is 3.81. The van der Waals surface area contributed by atoms with Crippen molar-refractivity contribution in [3.05, 3.63) is 63.6 Å². The second-order valence-corrected chi connectivity index (χ2v) is 7.10. The number of carbonyl (C=O) groups is 1. The first-order valence-electron chi connectivity index (χ1n) is 7.02. The summed E-state index contributed by atoms with van der Waals surface area (Å²) >= 11 is 3.49. The molecule has 4 heteroatoms. The van der Waals surface area contributed by atoms with Crippen molar-refractivity contribution in [2.45, 2.75) is 32.8 Å². The molecule has 0 unspecified atom stereocenters. The van der Waals surface area contributed by atoms with Crippen molar-refractivity contribution in [3.63, 3.8) is 0 Å². The molecular formula is C18H19BrO3. The van der Waals surface area contributed by atoms with E-state index in [9.17, 15) is 4.79 Å². The largest absolute Gasteiger partial charge is 0.489 e. The number of carboxylic acids is 1. The maximum absolute atomic E-state index is 11.0. The minimum atomic E-state index is -0.930. The zero-order valence-electron chi connectivity index (χ0n) is 12.9. The summed E-state index contributed by atoms with van der Waals surface area (Å²) in [6, 6.07) is 12.7. The van der Waals surface area contributed by atoms with Crippen LogP contribution in [0.2, 0.25) is 0 Å². The van der Waals surface area contributed by atoms with E-state index < -0.39 is 5.97 Å². The van der Waals surface area contributed by atoms with Crippen LogP contribution in [0, 0.1) is 0 Å². The van der Waals surface area contributed by atoms with Gasteiger partial charge < -0.3 is 9.84 Å². The van der Waals surface area contributed by atoms with Gasteiger partial charge in [-0.15, -0.1) is 0 Å². The molecule has 1 N–H and O–H groups in total. The van der Waals surface area contributed by atoms with Crippen LogP contribution in [0.25, 0.3) is 0 Å². The molecule has 0 aliphatic carbocycles. The van der Waals surface area contributed by atoms with Crippen LogP contribution in [-0.4, -0.2) is 11.1 Å². The molecule has 0 spiro atoms. The zero-order chi connectivity index (χ0) is 16.3. The number of hydrogen-bond acceptors (Lipinski definition) is 2. The predicted molar refractivity (Wildman–Crippen MR) is 90.6 cm³/mol. The van der Waals surface area contributed by atoms with Gasteiger partial charge in [0.25, 0.3) is 0 Å². The molecule has 0 atom stereocenters. The first-order chi connectivity index (χ1) is 10.3. The highest BCUT2D eigenvalue weighted by Crippen LogP contribution is 2.34. The third-order valence-electron chi connectivity index (χ3n) is 3.32. The van der Waals surface area contributed by atoms with Crippen molar-refractivity contribution in [1.82, 2.24) is 0 Å². The quantitative estimate of drug-likeness (QED) is 0.829. The van der Waals surface area contributed by atoms with Gasteiger partial charge in [0.05, 0.1) is 5.56 Å². The normalized spacial score (nSPS) is 11.3. The van der Waals surface area contributed by atoms with Gasteiger partial charge >= 0.3 is 5.97 Å². The van der Waals surface area contributed by atoms with Crippen molar-refractivity contribution in [2.75, 3.05) is 0 Å². The van der Waals surface area contributed by atoms with E-state index in [1.165, 1.54) is 0 Å². The van der Waals surface area contributed by atoms with Crippen LogP contribution < -0.4 is 4.74 Å². The Labute approximate surface area is 139 Å². The Kier molecular flexibility index (Phi) is 4.91. The minimum Gasteiger partial charge on any atom is -0.489 e. The molecule has 22 heavy (non-hydrogen) atoms. The standard InChI is InChI=1S/C18H19BrO3/c1-18(2,3)15-10-14(19)7-8-16(15)22-11-12-5-4-6-13(9-12)17(20)21/h4-10H,11H2,1-3H3,(H,20,21). The Bertz CT molecular complexity index is 687. The summed E-state index contributed by atoms with van der Waals surface area (Å²) in [7, 11) is 0. The van der Waals surface area contributed by atoms with Crippen LogP contribution in [0.5, 0.6) is 5.75 Å². The summed E-state index contributed by atoms with van der Waals surface area (Å²) in [6.07, 6.45) is 0. The van der Waals surface area contributed by atoms with Gasteiger partial charge in [0, 0.05) is 10.0 Å². The van der Waals surface area contributed by atoms with E-state index in [0.717, 1.165) is 21.3 Å². The van der Waals surface area contributed by atoms with Gasteiger partial charge in [0.2, 0.25) is 0 Å². The summed E-state index contributed by atoms with van der Waals surface area (Å²) in [5.41, 5.74) is 2.18.